The Bertz CT molecular complexity index is 818. The Morgan fingerprint density at radius 1 is 1.22 bits per heavy atom. The maximum absolute atomic E-state index is 12.2. The summed E-state index contributed by atoms with van der Waals surface area (Å²) in [5, 5.41) is 7.99. The first-order chi connectivity index (χ1) is 12.5. The third-order valence-corrected chi connectivity index (χ3v) is 7.15. The largest absolute Gasteiger partial charge is 0.356 e. The number of nitrogens with one attached hydrogen (secondary N) is 3. The van der Waals surface area contributed by atoms with Gasteiger partial charge in [0.25, 0.3) is 10.0 Å². The fourth-order valence-corrected chi connectivity index (χ4v) is 4.99. The molecule has 1 saturated heterocycles. The SMILES string of the molecule is Cl.O=C(Cc1ccc(NS(=O)(=O)c2cccs2)cc1)NCCC1CCNC1. The zero-order valence-electron chi connectivity index (χ0n) is 14.8. The van der Waals surface area contributed by atoms with E-state index in [2.05, 4.69) is 15.4 Å². The Morgan fingerprint density at radius 2 is 2.00 bits per heavy atom. The van der Waals surface area contributed by atoms with Crippen molar-refractivity contribution in [1.82, 2.24) is 10.6 Å². The Kier molecular flexibility index (Phi) is 8.09. The van der Waals surface area contributed by atoms with Gasteiger partial charge < -0.3 is 10.6 Å². The van der Waals surface area contributed by atoms with Crippen molar-refractivity contribution in [2.45, 2.75) is 23.5 Å². The fourth-order valence-electron chi connectivity index (χ4n) is 2.94. The van der Waals surface area contributed by atoms with E-state index in [-0.39, 0.29) is 22.5 Å². The van der Waals surface area contributed by atoms with Crippen LogP contribution >= 0.6 is 23.7 Å². The van der Waals surface area contributed by atoms with Crippen LogP contribution in [0.1, 0.15) is 18.4 Å². The van der Waals surface area contributed by atoms with Crippen LogP contribution in [0.25, 0.3) is 0 Å². The van der Waals surface area contributed by atoms with Gasteiger partial charge in [-0.05, 0) is 61.0 Å². The summed E-state index contributed by atoms with van der Waals surface area (Å²) in [4.78, 5) is 12.0. The van der Waals surface area contributed by atoms with E-state index in [0.29, 0.717) is 24.6 Å². The number of halogens is 1. The first-order valence-electron chi connectivity index (χ1n) is 8.65. The number of thiophene rings is 1. The summed E-state index contributed by atoms with van der Waals surface area (Å²) >= 11 is 1.17. The van der Waals surface area contributed by atoms with Crippen molar-refractivity contribution in [3.05, 3.63) is 47.3 Å². The molecule has 3 N–H and O–H groups in total. The third-order valence-electron chi connectivity index (χ3n) is 4.37. The highest BCUT2D eigenvalue weighted by Gasteiger charge is 2.16. The molecule has 0 radical (unpaired) electrons. The van der Waals surface area contributed by atoms with E-state index in [9.17, 15) is 13.2 Å². The first-order valence-corrected chi connectivity index (χ1v) is 11.0. The van der Waals surface area contributed by atoms with E-state index in [4.69, 9.17) is 0 Å². The van der Waals surface area contributed by atoms with Crippen molar-refractivity contribution < 1.29 is 13.2 Å². The number of hydrogen-bond donors (Lipinski definition) is 3. The Morgan fingerprint density at radius 3 is 2.63 bits per heavy atom. The van der Waals surface area contributed by atoms with Crippen LogP contribution in [0.4, 0.5) is 5.69 Å². The van der Waals surface area contributed by atoms with Gasteiger partial charge in [0.2, 0.25) is 5.91 Å². The summed E-state index contributed by atoms with van der Waals surface area (Å²) in [6.07, 6.45) is 2.47. The van der Waals surface area contributed by atoms with Gasteiger partial charge in [0, 0.05) is 12.2 Å². The third kappa shape index (κ3) is 6.49. The highest BCUT2D eigenvalue weighted by molar-refractivity contribution is 7.94. The van der Waals surface area contributed by atoms with Crippen LogP contribution in [0, 0.1) is 5.92 Å². The molecule has 3 rings (SSSR count). The standard InChI is InChI=1S/C18H23N3O3S2.ClH/c22-17(20-10-8-15-7-9-19-13-15)12-14-3-5-16(6-4-14)21-26(23,24)18-2-1-11-25-18;/h1-6,11,15,19,21H,7-10,12-13H2,(H,20,22);1H. The molecular formula is C18H24ClN3O3S2. The normalized spacial score (nSPS) is 16.5. The lowest BCUT2D eigenvalue weighted by Crippen LogP contribution is -2.27. The summed E-state index contributed by atoms with van der Waals surface area (Å²) in [6, 6.07) is 10.2. The van der Waals surface area contributed by atoms with Crippen LogP contribution < -0.4 is 15.4 Å². The van der Waals surface area contributed by atoms with Gasteiger partial charge in [0.15, 0.2) is 0 Å². The van der Waals surface area contributed by atoms with E-state index in [1.54, 1.807) is 41.8 Å². The van der Waals surface area contributed by atoms with Gasteiger partial charge in [-0.15, -0.1) is 23.7 Å². The van der Waals surface area contributed by atoms with Gasteiger partial charge in [0.1, 0.15) is 4.21 Å². The molecule has 1 unspecified atom stereocenters. The lowest BCUT2D eigenvalue weighted by atomic mass is 10.1. The van der Waals surface area contributed by atoms with Crippen LogP contribution in [0.3, 0.4) is 0 Å². The molecule has 0 saturated carbocycles. The molecule has 9 heteroatoms. The minimum Gasteiger partial charge on any atom is -0.356 e. The zero-order chi connectivity index (χ0) is 18.4. The summed E-state index contributed by atoms with van der Waals surface area (Å²) in [6.45, 7) is 2.81. The van der Waals surface area contributed by atoms with Crippen LogP contribution in [-0.4, -0.2) is 34.0 Å². The Hall–Kier alpha value is -1.61. The van der Waals surface area contributed by atoms with Crippen molar-refractivity contribution in [2.75, 3.05) is 24.4 Å². The molecule has 1 fully saturated rings. The molecule has 27 heavy (non-hydrogen) atoms. The number of rotatable bonds is 8. The molecule has 1 atom stereocenters. The monoisotopic (exact) mass is 429 g/mol. The molecule has 2 aromatic rings. The maximum Gasteiger partial charge on any atom is 0.271 e. The predicted molar refractivity (Wildman–Crippen MR) is 111 cm³/mol. The average molecular weight is 430 g/mol. The van der Waals surface area contributed by atoms with E-state index in [1.165, 1.54) is 17.8 Å². The summed E-state index contributed by atoms with van der Waals surface area (Å²) in [5.41, 5.74) is 1.33. The Balaban J connectivity index is 0.00000261. The van der Waals surface area contributed by atoms with Crippen molar-refractivity contribution in [2.24, 2.45) is 5.92 Å². The van der Waals surface area contributed by atoms with E-state index >= 15 is 0 Å². The molecule has 1 aliphatic heterocycles. The lowest BCUT2D eigenvalue weighted by molar-refractivity contribution is -0.120. The second kappa shape index (κ2) is 10.1. The number of hydrogen-bond acceptors (Lipinski definition) is 5. The molecule has 1 amide bonds. The average Bonchev–Trinajstić information content (AvgIpc) is 3.30. The molecule has 0 spiro atoms. The summed E-state index contributed by atoms with van der Waals surface area (Å²) < 4.78 is 27.2. The fraction of sp³-hybridized carbons (Fsp3) is 0.389. The van der Waals surface area contributed by atoms with Gasteiger partial charge in [-0.3, -0.25) is 9.52 Å². The molecule has 148 valence electrons. The molecule has 0 aliphatic carbocycles. The van der Waals surface area contributed by atoms with Crippen LogP contribution in [0.2, 0.25) is 0 Å². The van der Waals surface area contributed by atoms with Gasteiger partial charge in [-0.2, -0.15) is 0 Å². The van der Waals surface area contributed by atoms with Gasteiger partial charge in [-0.25, -0.2) is 8.42 Å². The van der Waals surface area contributed by atoms with Gasteiger partial charge in [0.05, 0.1) is 6.42 Å². The molecule has 2 heterocycles. The van der Waals surface area contributed by atoms with Crippen LogP contribution in [-0.2, 0) is 21.2 Å². The number of carbonyl (C=O) groups is 1. The number of anilines is 1. The second-order valence-electron chi connectivity index (χ2n) is 6.41. The first kappa shape index (κ1) is 21.7. The van der Waals surface area contributed by atoms with Crippen molar-refractivity contribution in [3.63, 3.8) is 0 Å². The predicted octanol–water partition coefficient (Wildman–Crippen LogP) is 2.63. The number of sulfonamides is 1. The van der Waals surface area contributed by atoms with E-state index in [0.717, 1.165) is 25.1 Å². The van der Waals surface area contributed by atoms with Crippen LogP contribution in [0.15, 0.2) is 46.0 Å². The molecule has 1 aromatic heterocycles. The van der Waals surface area contributed by atoms with Crippen LogP contribution in [0.5, 0.6) is 0 Å². The van der Waals surface area contributed by atoms with Gasteiger partial charge in [-0.1, -0.05) is 18.2 Å². The smallest absolute Gasteiger partial charge is 0.271 e. The number of benzene rings is 1. The van der Waals surface area contributed by atoms with E-state index in [1.807, 2.05) is 0 Å². The lowest BCUT2D eigenvalue weighted by Gasteiger charge is -2.10. The minimum absolute atomic E-state index is 0. The molecule has 1 aliphatic rings. The molecular weight excluding hydrogens is 406 g/mol. The summed E-state index contributed by atoms with van der Waals surface area (Å²) in [7, 11) is -3.54. The van der Waals surface area contributed by atoms with Crippen molar-refractivity contribution in [3.8, 4) is 0 Å². The molecule has 6 nitrogen and oxygen atoms in total. The minimum atomic E-state index is -3.54. The number of carbonyl (C=O) groups excluding carboxylic acids is 1. The highest BCUT2D eigenvalue weighted by Crippen LogP contribution is 2.20. The zero-order valence-corrected chi connectivity index (χ0v) is 17.3. The topological polar surface area (TPSA) is 87.3 Å². The summed E-state index contributed by atoms with van der Waals surface area (Å²) in [5.74, 6) is 0.647. The Labute approximate surface area is 170 Å². The van der Waals surface area contributed by atoms with Crippen molar-refractivity contribution >= 4 is 45.4 Å². The van der Waals surface area contributed by atoms with Crippen molar-refractivity contribution in [1.29, 1.82) is 0 Å². The number of amides is 1. The maximum atomic E-state index is 12.2. The second-order valence-corrected chi connectivity index (χ2v) is 9.27. The quantitative estimate of drug-likeness (QED) is 0.602. The molecule has 1 aromatic carbocycles. The van der Waals surface area contributed by atoms with Gasteiger partial charge >= 0.3 is 0 Å². The van der Waals surface area contributed by atoms with E-state index < -0.39 is 10.0 Å². The highest BCUT2D eigenvalue weighted by atomic mass is 35.5. The molecule has 0 bridgehead atoms.